The number of amides is 3. The molecule has 9 nitrogen and oxygen atoms in total. The highest BCUT2D eigenvalue weighted by molar-refractivity contribution is 5.98. The highest BCUT2D eigenvalue weighted by Crippen LogP contribution is 2.56. The normalized spacial score (nSPS) is 17.2. The molecule has 5 N–H and O–H groups in total. The van der Waals surface area contributed by atoms with Crippen molar-refractivity contribution in [2.45, 2.75) is 57.9 Å². The molecule has 2 aliphatic rings. The molecule has 2 aliphatic heterocycles. The van der Waals surface area contributed by atoms with E-state index < -0.39 is 29.5 Å². The summed E-state index contributed by atoms with van der Waals surface area (Å²) in [5, 5.41) is 8.61. The van der Waals surface area contributed by atoms with Gasteiger partial charge in [-0.2, -0.15) is 0 Å². The molecule has 9 heteroatoms. The summed E-state index contributed by atoms with van der Waals surface area (Å²) in [6.45, 7) is 5.76. The minimum Gasteiger partial charge on any atom is -0.456 e. The van der Waals surface area contributed by atoms with Gasteiger partial charge < -0.3 is 31.2 Å². The van der Waals surface area contributed by atoms with Crippen LogP contribution in [0.1, 0.15) is 55.0 Å². The molecule has 6 rings (SSSR count). The predicted molar refractivity (Wildman–Crippen MR) is 176 cm³/mol. The van der Waals surface area contributed by atoms with Crippen molar-refractivity contribution in [1.82, 2.24) is 10.6 Å². The number of nitrogen functional groups attached to an aromatic ring is 1. The van der Waals surface area contributed by atoms with Crippen molar-refractivity contribution in [3.05, 3.63) is 119 Å². The maximum absolute atomic E-state index is 13.8. The number of fused-ring (bicyclic) bond motifs is 6. The van der Waals surface area contributed by atoms with E-state index in [0.29, 0.717) is 35.9 Å². The van der Waals surface area contributed by atoms with E-state index in [1.807, 2.05) is 80.6 Å². The van der Waals surface area contributed by atoms with Crippen LogP contribution in [0.3, 0.4) is 0 Å². The average Bonchev–Trinajstić information content (AvgIpc) is 3.40. The second-order valence-corrected chi connectivity index (χ2v) is 12.3. The van der Waals surface area contributed by atoms with E-state index in [1.165, 1.54) is 6.92 Å². The van der Waals surface area contributed by atoms with Gasteiger partial charge in [-0.25, -0.2) is 0 Å². The molecule has 1 unspecified atom stereocenters. The minimum absolute atomic E-state index is 0.152. The number of ether oxygens (including phenoxy) is 2. The Bertz CT molecular complexity index is 1790. The molecule has 0 fully saturated rings. The Hall–Kier alpha value is -5.15. The van der Waals surface area contributed by atoms with Crippen molar-refractivity contribution in [2.24, 2.45) is 5.92 Å². The van der Waals surface area contributed by atoms with Gasteiger partial charge in [0.05, 0.1) is 6.61 Å². The van der Waals surface area contributed by atoms with Gasteiger partial charge in [0.2, 0.25) is 17.7 Å². The average molecular weight is 619 g/mol. The summed E-state index contributed by atoms with van der Waals surface area (Å²) < 4.78 is 13.0. The molecule has 3 atom stereocenters. The first-order valence-corrected chi connectivity index (χ1v) is 15.5. The summed E-state index contributed by atoms with van der Waals surface area (Å²) in [4.78, 5) is 39.1. The molecule has 0 radical (unpaired) electrons. The van der Waals surface area contributed by atoms with Gasteiger partial charge in [-0.3, -0.25) is 14.4 Å². The van der Waals surface area contributed by atoms with E-state index in [4.69, 9.17) is 15.2 Å². The van der Waals surface area contributed by atoms with Crippen LogP contribution in [0, 0.1) is 5.92 Å². The molecule has 0 bridgehead atoms. The van der Waals surface area contributed by atoms with Crippen molar-refractivity contribution in [1.29, 1.82) is 0 Å². The number of hydrogen-bond acceptors (Lipinski definition) is 6. The van der Waals surface area contributed by atoms with Crippen molar-refractivity contribution < 1.29 is 23.9 Å². The summed E-state index contributed by atoms with van der Waals surface area (Å²) in [5.41, 5.74) is 11.0. The minimum atomic E-state index is -0.910. The van der Waals surface area contributed by atoms with Gasteiger partial charge in [0.15, 0.2) is 5.60 Å². The highest BCUT2D eigenvalue weighted by atomic mass is 16.5. The third-order valence-corrected chi connectivity index (χ3v) is 8.39. The van der Waals surface area contributed by atoms with Gasteiger partial charge in [-0.05, 0) is 53.3 Å². The molecule has 2 heterocycles. The van der Waals surface area contributed by atoms with E-state index in [2.05, 4.69) is 28.1 Å². The standard InChI is InChI=1S/C37H38N4O5/c1-22(2)17-31(39-23(3)42)36(44)41-32(18-24-9-5-4-6-10-24)35(43)40-27-14-16-30-34(20-27)46-33-19-26(38)13-15-29(33)37(30)28-12-8-7-11-25(28)21-45-37/h4-16,19-20,22,31-32H,17-18,21,38H2,1-3H3,(H,39,42)(H,40,43)(H,41,44)/t31-,32-,37?/m0/s1. The molecule has 236 valence electrons. The quantitative estimate of drug-likeness (QED) is 0.186. The van der Waals surface area contributed by atoms with Crippen molar-refractivity contribution in [2.75, 3.05) is 11.1 Å². The van der Waals surface area contributed by atoms with Crippen LogP contribution in [0.5, 0.6) is 11.5 Å². The van der Waals surface area contributed by atoms with Crippen LogP contribution in [0.2, 0.25) is 0 Å². The molecule has 0 saturated carbocycles. The first-order valence-electron chi connectivity index (χ1n) is 15.5. The number of hydrogen-bond donors (Lipinski definition) is 4. The Balaban J connectivity index is 1.31. The number of nitrogens with two attached hydrogens (primary N) is 1. The summed E-state index contributed by atoms with van der Waals surface area (Å²) in [6, 6.07) is 27.0. The first-order chi connectivity index (χ1) is 22.1. The molecule has 4 aromatic carbocycles. The Kier molecular flexibility index (Phi) is 8.51. The lowest BCUT2D eigenvalue weighted by atomic mass is 9.77. The Labute approximate surface area is 268 Å². The monoisotopic (exact) mass is 618 g/mol. The summed E-state index contributed by atoms with van der Waals surface area (Å²) >= 11 is 0. The number of benzene rings is 4. The zero-order chi connectivity index (χ0) is 32.4. The predicted octanol–water partition coefficient (Wildman–Crippen LogP) is 5.41. The molecule has 1 spiro atoms. The highest BCUT2D eigenvalue weighted by Gasteiger charge is 2.49. The van der Waals surface area contributed by atoms with Gasteiger partial charge in [0.1, 0.15) is 23.6 Å². The fourth-order valence-electron chi connectivity index (χ4n) is 6.36. The van der Waals surface area contributed by atoms with Crippen LogP contribution in [0.4, 0.5) is 11.4 Å². The SMILES string of the molecule is CC(=O)N[C@@H](CC(C)C)C(=O)N[C@@H](Cc1ccccc1)C(=O)Nc1ccc2c(c1)Oc1cc(N)ccc1C21OCc2ccccc21. The fourth-order valence-corrected chi connectivity index (χ4v) is 6.36. The van der Waals surface area contributed by atoms with E-state index in [1.54, 1.807) is 12.1 Å². The zero-order valence-electron chi connectivity index (χ0n) is 26.1. The van der Waals surface area contributed by atoms with Gasteiger partial charge in [0.25, 0.3) is 0 Å². The Morgan fingerprint density at radius 1 is 0.804 bits per heavy atom. The lowest BCUT2D eigenvalue weighted by Gasteiger charge is -2.37. The van der Waals surface area contributed by atoms with Crippen LogP contribution >= 0.6 is 0 Å². The van der Waals surface area contributed by atoms with Gasteiger partial charge >= 0.3 is 0 Å². The Morgan fingerprint density at radius 3 is 2.24 bits per heavy atom. The Morgan fingerprint density at radius 2 is 1.50 bits per heavy atom. The molecule has 0 saturated heterocycles. The molecule has 0 aliphatic carbocycles. The van der Waals surface area contributed by atoms with E-state index in [-0.39, 0.29) is 18.2 Å². The van der Waals surface area contributed by atoms with Crippen molar-refractivity contribution >= 4 is 29.1 Å². The van der Waals surface area contributed by atoms with E-state index in [0.717, 1.165) is 27.8 Å². The van der Waals surface area contributed by atoms with E-state index >= 15 is 0 Å². The first kappa shape index (κ1) is 30.9. The number of anilines is 2. The topological polar surface area (TPSA) is 132 Å². The van der Waals surface area contributed by atoms with Crippen molar-refractivity contribution in [3.8, 4) is 11.5 Å². The summed E-state index contributed by atoms with van der Waals surface area (Å²) in [5.74, 6) is 0.130. The van der Waals surface area contributed by atoms with Crippen LogP contribution in [0.15, 0.2) is 91.0 Å². The van der Waals surface area contributed by atoms with Gasteiger partial charge in [-0.1, -0.05) is 68.4 Å². The number of nitrogens with one attached hydrogen (secondary N) is 3. The largest absolute Gasteiger partial charge is 0.456 e. The lowest BCUT2D eigenvalue weighted by molar-refractivity contribution is -0.130. The van der Waals surface area contributed by atoms with Gasteiger partial charge in [0, 0.05) is 48.0 Å². The van der Waals surface area contributed by atoms with Crippen LogP contribution < -0.4 is 26.4 Å². The fraction of sp³-hybridized carbons (Fsp3) is 0.270. The third kappa shape index (κ3) is 6.06. The van der Waals surface area contributed by atoms with Crippen LogP contribution in [-0.2, 0) is 37.7 Å². The molecular formula is C37H38N4O5. The second kappa shape index (κ2) is 12.7. The zero-order valence-corrected chi connectivity index (χ0v) is 26.1. The number of rotatable bonds is 9. The molecule has 3 amide bonds. The molecule has 46 heavy (non-hydrogen) atoms. The lowest BCUT2D eigenvalue weighted by Crippen LogP contribution is -2.53. The summed E-state index contributed by atoms with van der Waals surface area (Å²) in [7, 11) is 0. The smallest absolute Gasteiger partial charge is 0.247 e. The second-order valence-electron chi connectivity index (χ2n) is 12.3. The number of carbonyl (C=O) groups is 3. The maximum Gasteiger partial charge on any atom is 0.247 e. The van der Waals surface area contributed by atoms with Crippen molar-refractivity contribution in [3.63, 3.8) is 0 Å². The molecule has 4 aromatic rings. The number of carbonyl (C=O) groups excluding carboxylic acids is 3. The third-order valence-electron chi connectivity index (χ3n) is 8.39. The summed E-state index contributed by atoms with van der Waals surface area (Å²) in [6.07, 6.45) is 0.695. The van der Waals surface area contributed by atoms with Crippen LogP contribution in [-0.4, -0.2) is 29.8 Å². The molecular weight excluding hydrogens is 580 g/mol. The van der Waals surface area contributed by atoms with E-state index in [9.17, 15) is 14.4 Å². The van der Waals surface area contributed by atoms with Crippen LogP contribution in [0.25, 0.3) is 0 Å². The molecule has 0 aromatic heterocycles. The van der Waals surface area contributed by atoms with Gasteiger partial charge in [-0.15, -0.1) is 0 Å². The maximum atomic E-state index is 13.8.